The number of nitrogens with one attached hydrogen (secondary N) is 1. The fourth-order valence-electron chi connectivity index (χ4n) is 1.93. The summed E-state index contributed by atoms with van der Waals surface area (Å²) < 4.78 is 4.91. The van der Waals surface area contributed by atoms with Crippen molar-refractivity contribution in [2.45, 2.75) is 17.7 Å². The first-order chi connectivity index (χ1) is 11.6. The summed E-state index contributed by atoms with van der Waals surface area (Å²) in [7, 11) is 0. The molecule has 0 spiro atoms. The lowest BCUT2D eigenvalue weighted by molar-refractivity contribution is -0.147. The third-order valence-electron chi connectivity index (χ3n) is 3.10. The molecule has 5 nitrogen and oxygen atoms in total. The average molecular weight is 363 g/mol. The largest absolute Gasteiger partial charge is 0.456 e. The molecule has 0 atom stereocenters. The van der Waals surface area contributed by atoms with Gasteiger partial charge in [0.2, 0.25) is 0 Å². The fourth-order valence-corrected chi connectivity index (χ4v) is 3.18. The van der Waals surface area contributed by atoms with E-state index in [1.807, 2.05) is 29.8 Å². The number of carbonyl (C=O) groups excluding carboxylic acids is 3. The first-order valence-electron chi connectivity index (χ1n) is 7.25. The van der Waals surface area contributed by atoms with Gasteiger partial charge in [-0.05, 0) is 29.8 Å². The molecule has 2 aromatic rings. The predicted molar refractivity (Wildman–Crippen MR) is 95.7 cm³/mol. The number of rotatable bonds is 8. The Morgan fingerprint density at radius 1 is 1.12 bits per heavy atom. The highest BCUT2D eigenvalue weighted by atomic mass is 32.2. The minimum absolute atomic E-state index is 0.0363. The van der Waals surface area contributed by atoms with Crippen molar-refractivity contribution in [3.63, 3.8) is 0 Å². The summed E-state index contributed by atoms with van der Waals surface area (Å²) in [5.74, 6) is -1.07. The van der Waals surface area contributed by atoms with Gasteiger partial charge in [0.05, 0.1) is 17.0 Å². The number of ether oxygens (including phenoxy) is 1. The Labute approximate surface area is 148 Å². The van der Waals surface area contributed by atoms with Crippen LogP contribution in [0.15, 0.2) is 46.7 Å². The fraction of sp³-hybridized carbons (Fsp3) is 0.235. The number of ketones is 1. The van der Waals surface area contributed by atoms with Gasteiger partial charge in [0.25, 0.3) is 5.91 Å². The molecule has 0 bridgehead atoms. The third-order valence-corrected chi connectivity index (χ3v) is 4.80. The molecule has 7 heteroatoms. The summed E-state index contributed by atoms with van der Waals surface area (Å²) in [6.45, 7) is -0.366. The Balaban J connectivity index is 1.73. The van der Waals surface area contributed by atoms with Crippen molar-refractivity contribution in [1.82, 2.24) is 0 Å². The summed E-state index contributed by atoms with van der Waals surface area (Å²) in [6.07, 6.45) is 1.96. The van der Waals surface area contributed by atoms with Crippen LogP contribution in [0.25, 0.3) is 0 Å². The van der Waals surface area contributed by atoms with Gasteiger partial charge in [-0.15, -0.1) is 23.1 Å². The number of carbonyl (C=O) groups is 3. The van der Waals surface area contributed by atoms with Crippen LogP contribution in [0, 0.1) is 0 Å². The number of benzene rings is 1. The highest BCUT2D eigenvalue weighted by Crippen LogP contribution is 2.24. The molecule has 0 aliphatic heterocycles. The molecule has 1 aromatic heterocycles. The van der Waals surface area contributed by atoms with E-state index >= 15 is 0 Å². The van der Waals surface area contributed by atoms with Gasteiger partial charge >= 0.3 is 5.97 Å². The number of thiophene rings is 1. The lowest BCUT2D eigenvalue weighted by Crippen LogP contribution is -2.21. The van der Waals surface area contributed by atoms with Crippen molar-refractivity contribution >= 4 is 46.4 Å². The van der Waals surface area contributed by atoms with Crippen LogP contribution in [0.2, 0.25) is 0 Å². The number of thioether (sulfide) groups is 1. The first kappa shape index (κ1) is 18.2. The lowest BCUT2D eigenvalue weighted by Gasteiger charge is -2.09. The molecule has 126 valence electrons. The van der Waals surface area contributed by atoms with Crippen molar-refractivity contribution in [3.05, 3.63) is 46.7 Å². The van der Waals surface area contributed by atoms with Crippen LogP contribution in [-0.4, -0.2) is 30.5 Å². The Bertz CT molecular complexity index is 713. The molecule has 0 radical (unpaired) electrons. The van der Waals surface area contributed by atoms with Gasteiger partial charge in [-0.3, -0.25) is 14.4 Å². The second-order valence-corrected chi connectivity index (χ2v) is 6.61. The van der Waals surface area contributed by atoms with Crippen molar-refractivity contribution in [2.24, 2.45) is 0 Å². The highest BCUT2D eigenvalue weighted by molar-refractivity contribution is 7.98. The molecule has 2 rings (SSSR count). The maximum Gasteiger partial charge on any atom is 0.306 e. The summed E-state index contributed by atoms with van der Waals surface area (Å²) in [5.41, 5.74) is 0.680. The average Bonchev–Trinajstić information content (AvgIpc) is 3.13. The van der Waals surface area contributed by atoms with Crippen LogP contribution in [0.3, 0.4) is 0 Å². The van der Waals surface area contributed by atoms with Gasteiger partial charge < -0.3 is 10.1 Å². The molecule has 0 unspecified atom stereocenters. The normalized spacial score (nSPS) is 10.2. The number of para-hydroxylation sites is 1. The van der Waals surface area contributed by atoms with Crippen LogP contribution >= 0.6 is 23.1 Å². The van der Waals surface area contributed by atoms with E-state index in [4.69, 9.17) is 4.74 Å². The number of amides is 1. The molecule has 1 N–H and O–H groups in total. The third kappa shape index (κ3) is 5.50. The Morgan fingerprint density at radius 3 is 2.62 bits per heavy atom. The van der Waals surface area contributed by atoms with Gasteiger partial charge in [0.1, 0.15) is 0 Å². The quantitative estimate of drug-likeness (QED) is 0.441. The van der Waals surface area contributed by atoms with Crippen molar-refractivity contribution in [2.75, 3.05) is 18.2 Å². The second kappa shape index (κ2) is 9.24. The Kier molecular flexibility index (Phi) is 7.02. The highest BCUT2D eigenvalue weighted by Gasteiger charge is 2.13. The molecule has 0 fully saturated rings. The summed E-state index contributed by atoms with van der Waals surface area (Å²) >= 11 is 2.85. The van der Waals surface area contributed by atoms with Crippen molar-refractivity contribution < 1.29 is 19.1 Å². The van der Waals surface area contributed by atoms with Gasteiger partial charge in [-0.25, -0.2) is 0 Å². The van der Waals surface area contributed by atoms with E-state index in [2.05, 4.69) is 5.32 Å². The lowest BCUT2D eigenvalue weighted by atomic mass is 10.2. The predicted octanol–water partition coefficient (Wildman–Crippen LogP) is 3.61. The maximum absolute atomic E-state index is 11.8. The molecule has 0 aliphatic rings. The first-order valence-corrected chi connectivity index (χ1v) is 9.36. The topological polar surface area (TPSA) is 72.5 Å². The SMILES string of the molecule is CSc1ccccc1NC(=O)COC(=O)CCC(=O)c1cccs1. The number of hydrogen-bond donors (Lipinski definition) is 1. The second-order valence-electron chi connectivity index (χ2n) is 4.81. The van der Waals surface area contributed by atoms with Crippen LogP contribution in [0.4, 0.5) is 5.69 Å². The number of hydrogen-bond acceptors (Lipinski definition) is 6. The van der Waals surface area contributed by atoms with Gasteiger partial charge in [0.15, 0.2) is 12.4 Å². The number of anilines is 1. The van der Waals surface area contributed by atoms with Crippen LogP contribution in [0.1, 0.15) is 22.5 Å². The standard InChI is InChI=1S/C17H17NO4S2/c1-23-14-6-3-2-5-12(14)18-16(20)11-22-17(21)9-8-13(19)15-7-4-10-24-15/h2-7,10H,8-9,11H2,1H3,(H,18,20). The molecule has 0 saturated heterocycles. The zero-order chi connectivity index (χ0) is 17.4. The molecule has 1 heterocycles. The van der Waals surface area contributed by atoms with E-state index in [1.165, 1.54) is 23.1 Å². The number of esters is 1. The number of Topliss-reactive ketones (excluding diaryl/α,β-unsaturated/α-hetero) is 1. The minimum Gasteiger partial charge on any atom is -0.456 e. The van der Waals surface area contributed by atoms with E-state index < -0.39 is 11.9 Å². The maximum atomic E-state index is 11.8. The summed E-state index contributed by atoms with van der Waals surface area (Å²) in [5, 5.41) is 4.51. The van der Waals surface area contributed by atoms with E-state index in [1.54, 1.807) is 18.2 Å². The Hall–Kier alpha value is -2.12. The van der Waals surface area contributed by atoms with Crippen molar-refractivity contribution in [3.8, 4) is 0 Å². The zero-order valence-corrected chi connectivity index (χ0v) is 14.7. The molecule has 0 saturated carbocycles. The minimum atomic E-state index is -0.562. The smallest absolute Gasteiger partial charge is 0.306 e. The Morgan fingerprint density at radius 2 is 1.92 bits per heavy atom. The zero-order valence-electron chi connectivity index (χ0n) is 13.1. The monoisotopic (exact) mass is 363 g/mol. The molecule has 0 aliphatic carbocycles. The van der Waals surface area contributed by atoms with Gasteiger partial charge in [-0.1, -0.05) is 18.2 Å². The van der Waals surface area contributed by atoms with Gasteiger partial charge in [0, 0.05) is 11.3 Å². The summed E-state index contributed by atoms with van der Waals surface area (Å²) in [4.78, 5) is 36.8. The van der Waals surface area contributed by atoms with E-state index in [0.29, 0.717) is 10.6 Å². The van der Waals surface area contributed by atoms with Crippen LogP contribution in [0.5, 0.6) is 0 Å². The van der Waals surface area contributed by atoms with Gasteiger partial charge in [-0.2, -0.15) is 0 Å². The van der Waals surface area contributed by atoms with Crippen LogP contribution < -0.4 is 5.32 Å². The molecule has 1 amide bonds. The van der Waals surface area contributed by atoms with E-state index in [-0.39, 0.29) is 25.2 Å². The van der Waals surface area contributed by atoms with E-state index in [9.17, 15) is 14.4 Å². The summed E-state index contributed by atoms with van der Waals surface area (Å²) in [6, 6.07) is 10.9. The molecule has 24 heavy (non-hydrogen) atoms. The van der Waals surface area contributed by atoms with Crippen LogP contribution in [-0.2, 0) is 14.3 Å². The van der Waals surface area contributed by atoms with E-state index in [0.717, 1.165) is 4.90 Å². The molecular formula is C17H17NO4S2. The molecule has 1 aromatic carbocycles. The molecular weight excluding hydrogens is 346 g/mol. The van der Waals surface area contributed by atoms with Crippen molar-refractivity contribution in [1.29, 1.82) is 0 Å².